The monoisotopic (exact) mass is 277 g/mol. The number of carbonyl (C=O) groups is 1. The molecule has 0 aliphatic carbocycles. The summed E-state index contributed by atoms with van der Waals surface area (Å²) in [6.45, 7) is 2.23. The molecular weight excluding hydrogens is 265 g/mol. The van der Waals surface area contributed by atoms with Crippen LogP contribution >= 0.6 is 23.2 Å². The molecule has 0 saturated carbocycles. The van der Waals surface area contributed by atoms with Crippen molar-refractivity contribution >= 4 is 29.1 Å². The largest absolute Gasteiger partial charge is 0.507 e. The first-order valence-electron chi connectivity index (χ1n) is 5.09. The Morgan fingerprint density at radius 2 is 2.06 bits per heavy atom. The highest BCUT2D eigenvalue weighted by atomic mass is 35.5. The molecule has 0 saturated heterocycles. The van der Waals surface area contributed by atoms with Crippen LogP contribution in [0.15, 0.2) is 12.1 Å². The number of phenols is 1. The smallest absolute Gasteiger partial charge is 0.259 e. The maximum absolute atomic E-state index is 12.0. The average Bonchev–Trinajstić information content (AvgIpc) is 2.24. The molecule has 0 aliphatic rings. The summed E-state index contributed by atoms with van der Waals surface area (Å²) in [5, 5.41) is 18.9. The Bertz CT molecular complexity index is 400. The molecule has 0 bridgehead atoms. The van der Waals surface area contributed by atoms with Gasteiger partial charge in [0.2, 0.25) is 0 Å². The molecule has 6 heteroatoms. The Labute approximate surface area is 109 Å². The van der Waals surface area contributed by atoms with Gasteiger partial charge in [-0.3, -0.25) is 4.79 Å². The van der Waals surface area contributed by atoms with Crippen molar-refractivity contribution in [3.8, 4) is 5.75 Å². The molecule has 0 radical (unpaired) electrons. The summed E-state index contributed by atoms with van der Waals surface area (Å²) in [5.74, 6) is -0.690. The number of benzene rings is 1. The number of likely N-dealkylation sites (N-methyl/N-ethyl adjacent to an activating group) is 1. The Hall–Kier alpha value is -0.970. The Morgan fingerprint density at radius 1 is 1.41 bits per heavy atom. The number of hydrogen-bond donors (Lipinski definition) is 2. The number of amides is 1. The highest BCUT2D eigenvalue weighted by Gasteiger charge is 2.21. The van der Waals surface area contributed by atoms with E-state index < -0.39 is 5.91 Å². The number of hydrogen-bond acceptors (Lipinski definition) is 3. The fourth-order valence-electron chi connectivity index (χ4n) is 1.45. The minimum absolute atomic E-state index is 0.00590. The SMILES string of the molecule is CCN(CCO)C(=O)c1c(O)cc(Cl)cc1Cl. The second-order valence-electron chi connectivity index (χ2n) is 3.39. The normalized spacial score (nSPS) is 10.4. The summed E-state index contributed by atoms with van der Waals surface area (Å²) >= 11 is 11.6. The van der Waals surface area contributed by atoms with Crippen LogP contribution in [0.3, 0.4) is 0 Å². The zero-order valence-electron chi connectivity index (χ0n) is 9.28. The van der Waals surface area contributed by atoms with Crippen LogP contribution in [0.2, 0.25) is 10.0 Å². The third-order valence-corrected chi connectivity index (χ3v) is 2.80. The summed E-state index contributed by atoms with van der Waals surface area (Å²) in [4.78, 5) is 13.4. The summed E-state index contributed by atoms with van der Waals surface area (Å²) in [5.41, 5.74) is 0.00590. The number of phenolic OH excluding ortho intramolecular Hbond substituents is 1. The first-order valence-corrected chi connectivity index (χ1v) is 5.85. The molecule has 17 heavy (non-hydrogen) atoms. The molecule has 0 atom stereocenters. The van der Waals surface area contributed by atoms with E-state index in [9.17, 15) is 9.90 Å². The molecule has 1 amide bonds. The lowest BCUT2D eigenvalue weighted by Gasteiger charge is -2.20. The van der Waals surface area contributed by atoms with Crippen LogP contribution in [-0.2, 0) is 0 Å². The zero-order valence-corrected chi connectivity index (χ0v) is 10.8. The van der Waals surface area contributed by atoms with E-state index in [2.05, 4.69) is 0 Å². The molecule has 0 heterocycles. The van der Waals surface area contributed by atoms with Crippen molar-refractivity contribution in [1.82, 2.24) is 4.90 Å². The highest BCUT2D eigenvalue weighted by Crippen LogP contribution is 2.30. The summed E-state index contributed by atoms with van der Waals surface area (Å²) in [6, 6.07) is 2.65. The molecule has 1 rings (SSSR count). The number of halogens is 2. The molecule has 1 aromatic carbocycles. The van der Waals surface area contributed by atoms with Gasteiger partial charge in [-0.15, -0.1) is 0 Å². The molecule has 0 unspecified atom stereocenters. The minimum atomic E-state index is -0.430. The van der Waals surface area contributed by atoms with E-state index in [0.717, 1.165) is 0 Å². The number of rotatable bonds is 4. The van der Waals surface area contributed by atoms with Gasteiger partial charge in [0.05, 0.1) is 17.2 Å². The van der Waals surface area contributed by atoms with Gasteiger partial charge in [0, 0.05) is 18.1 Å². The molecule has 1 aromatic rings. The summed E-state index contributed by atoms with van der Waals surface area (Å²) in [7, 11) is 0. The fourth-order valence-corrected chi connectivity index (χ4v) is 2.02. The predicted octanol–water partition coefficient (Wildman–Crippen LogP) is 2.15. The van der Waals surface area contributed by atoms with E-state index in [4.69, 9.17) is 28.3 Å². The summed E-state index contributed by atoms with van der Waals surface area (Å²) in [6.07, 6.45) is 0. The topological polar surface area (TPSA) is 60.8 Å². The third kappa shape index (κ3) is 3.25. The molecule has 0 fully saturated rings. The van der Waals surface area contributed by atoms with Gasteiger partial charge in [-0.25, -0.2) is 0 Å². The van der Waals surface area contributed by atoms with Crippen LogP contribution in [0.25, 0.3) is 0 Å². The molecule has 4 nitrogen and oxygen atoms in total. The van der Waals surface area contributed by atoms with E-state index in [1.165, 1.54) is 17.0 Å². The number of carbonyl (C=O) groups excluding carboxylic acids is 1. The first-order chi connectivity index (χ1) is 8.01. The molecule has 94 valence electrons. The van der Waals surface area contributed by atoms with E-state index in [-0.39, 0.29) is 34.5 Å². The molecule has 0 aliphatic heterocycles. The van der Waals surface area contributed by atoms with Crippen LogP contribution in [-0.4, -0.2) is 40.7 Å². The van der Waals surface area contributed by atoms with Crippen molar-refractivity contribution in [1.29, 1.82) is 0 Å². The predicted molar refractivity (Wildman–Crippen MR) is 66.8 cm³/mol. The Kier molecular flexibility index (Phi) is 5.05. The maximum Gasteiger partial charge on any atom is 0.259 e. The summed E-state index contributed by atoms with van der Waals surface area (Å²) < 4.78 is 0. The number of aliphatic hydroxyl groups excluding tert-OH is 1. The lowest BCUT2D eigenvalue weighted by Crippen LogP contribution is -2.33. The quantitative estimate of drug-likeness (QED) is 0.887. The van der Waals surface area contributed by atoms with Crippen molar-refractivity contribution in [2.45, 2.75) is 6.92 Å². The second-order valence-corrected chi connectivity index (χ2v) is 4.23. The van der Waals surface area contributed by atoms with E-state index in [1.54, 1.807) is 6.92 Å². The van der Waals surface area contributed by atoms with Gasteiger partial charge in [0.25, 0.3) is 5.91 Å². The van der Waals surface area contributed by atoms with Crippen LogP contribution in [0, 0.1) is 0 Å². The number of aliphatic hydroxyl groups is 1. The molecular formula is C11H13Cl2NO3. The Balaban J connectivity index is 3.11. The third-order valence-electron chi connectivity index (χ3n) is 2.29. The van der Waals surface area contributed by atoms with Crippen molar-refractivity contribution in [3.63, 3.8) is 0 Å². The van der Waals surface area contributed by atoms with E-state index >= 15 is 0 Å². The first kappa shape index (κ1) is 14.1. The molecule has 0 spiro atoms. The second kappa shape index (κ2) is 6.10. The zero-order chi connectivity index (χ0) is 13.0. The van der Waals surface area contributed by atoms with Crippen molar-refractivity contribution < 1.29 is 15.0 Å². The van der Waals surface area contributed by atoms with Crippen LogP contribution in [0.4, 0.5) is 0 Å². The van der Waals surface area contributed by atoms with Gasteiger partial charge in [0.15, 0.2) is 0 Å². The number of aromatic hydroxyl groups is 1. The van der Waals surface area contributed by atoms with Crippen molar-refractivity contribution in [2.75, 3.05) is 19.7 Å². The van der Waals surface area contributed by atoms with Gasteiger partial charge in [-0.2, -0.15) is 0 Å². The van der Waals surface area contributed by atoms with Gasteiger partial charge in [-0.05, 0) is 19.1 Å². The standard InChI is InChI=1S/C11H13Cl2NO3/c1-2-14(3-4-15)11(17)10-8(13)5-7(12)6-9(10)16/h5-6,15-16H,2-4H2,1H3. The molecule has 2 N–H and O–H groups in total. The Morgan fingerprint density at radius 3 is 2.53 bits per heavy atom. The van der Waals surface area contributed by atoms with Gasteiger partial charge in [0.1, 0.15) is 5.75 Å². The highest BCUT2D eigenvalue weighted by molar-refractivity contribution is 6.37. The van der Waals surface area contributed by atoms with Crippen LogP contribution in [0.5, 0.6) is 5.75 Å². The van der Waals surface area contributed by atoms with Gasteiger partial charge >= 0.3 is 0 Å². The minimum Gasteiger partial charge on any atom is -0.507 e. The maximum atomic E-state index is 12.0. The van der Waals surface area contributed by atoms with Crippen LogP contribution in [0.1, 0.15) is 17.3 Å². The van der Waals surface area contributed by atoms with E-state index in [0.29, 0.717) is 6.54 Å². The van der Waals surface area contributed by atoms with Crippen molar-refractivity contribution in [3.05, 3.63) is 27.7 Å². The number of nitrogens with zero attached hydrogens (tertiary/aromatic N) is 1. The molecule has 0 aromatic heterocycles. The average molecular weight is 278 g/mol. The van der Waals surface area contributed by atoms with Crippen molar-refractivity contribution in [2.24, 2.45) is 0 Å². The van der Waals surface area contributed by atoms with Crippen LogP contribution < -0.4 is 0 Å². The van der Waals surface area contributed by atoms with Gasteiger partial charge in [-0.1, -0.05) is 23.2 Å². The van der Waals surface area contributed by atoms with Gasteiger partial charge < -0.3 is 15.1 Å². The fraction of sp³-hybridized carbons (Fsp3) is 0.364. The van der Waals surface area contributed by atoms with E-state index in [1.807, 2.05) is 0 Å². The lowest BCUT2D eigenvalue weighted by molar-refractivity contribution is 0.0729. The lowest BCUT2D eigenvalue weighted by atomic mass is 10.1.